The fourth-order valence-electron chi connectivity index (χ4n) is 0.510. The standard InChI is InChI=1S/C7H15NO2/c1-3-5-8-7(9)6-10-4-2/h3-6H2,1-2H3,(H,8,9). The molecule has 0 radical (unpaired) electrons. The third-order valence-corrected chi connectivity index (χ3v) is 1.01. The summed E-state index contributed by atoms with van der Waals surface area (Å²) in [5.74, 6) is -0.0244. The fourth-order valence-corrected chi connectivity index (χ4v) is 0.510. The van der Waals surface area contributed by atoms with Gasteiger partial charge in [0.25, 0.3) is 0 Å². The van der Waals surface area contributed by atoms with E-state index in [1.807, 2.05) is 13.8 Å². The lowest BCUT2D eigenvalue weighted by molar-refractivity contribution is -0.125. The van der Waals surface area contributed by atoms with E-state index < -0.39 is 0 Å². The molecule has 60 valence electrons. The number of amides is 1. The summed E-state index contributed by atoms with van der Waals surface area (Å²) in [7, 11) is 0. The summed E-state index contributed by atoms with van der Waals surface area (Å²) in [6, 6.07) is 0. The first-order valence-electron chi connectivity index (χ1n) is 3.65. The number of carbonyl (C=O) groups is 1. The van der Waals surface area contributed by atoms with Crippen LogP contribution in [0.3, 0.4) is 0 Å². The van der Waals surface area contributed by atoms with Gasteiger partial charge in [-0.2, -0.15) is 0 Å². The van der Waals surface area contributed by atoms with Crippen LogP contribution in [0, 0.1) is 0 Å². The number of ether oxygens (including phenoxy) is 1. The van der Waals surface area contributed by atoms with E-state index >= 15 is 0 Å². The average molecular weight is 145 g/mol. The highest BCUT2D eigenvalue weighted by Crippen LogP contribution is 1.75. The van der Waals surface area contributed by atoms with Crippen LogP contribution < -0.4 is 5.32 Å². The summed E-state index contributed by atoms with van der Waals surface area (Å²) < 4.78 is 4.88. The summed E-state index contributed by atoms with van der Waals surface area (Å²) in [6.07, 6.45) is 0.970. The van der Waals surface area contributed by atoms with Crippen LogP contribution in [-0.2, 0) is 9.53 Å². The van der Waals surface area contributed by atoms with Crippen LogP contribution in [0.5, 0.6) is 0 Å². The highest BCUT2D eigenvalue weighted by molar-refractivity contribution is 5.77. The van der Waals surface area contributed by atoms with Gasteiger partial charge in [-0.05, 0) is 13.3 Å². The summed E-state index contributed by atoms with van der Waals surface area (Å²) >= 11 is 0. The predicted molar refractivity (Wildman–Crippen MR) is 39.8 cm³/mol. The molecule has 1 N–H and O–H groups in total. The Balaban J connectivity index is 3.09. The molecule has 0 fully saturated rings. The van der Waals surface area contributed by atoms with Crippen molar-refractivity contribution in [2.45, 2.75) is 20.3 Å². The molecule has 0 aliphatic heterocycles. The molecule has 0 heterocycles. The lowest BCUT2D eigenvalue weighted by atomic mass is 10.5. The van der Waals surface area contributed by atoms with Crippen molar-refractivity contribution in [3.8, 4) is 0 Å². The number of nitrogens with one attached hydrogen (secondary N) is 1. The zero-order valence-electron chi connectivity index (χ0n) is 6.64. The predicted octanol–water partition coefficient (Wildman–Crippen LogP) is 0.549. The number of carbonyl (C=O) groups excluding carboxylic acids is 1. The van der Waals surface area contributed by atoms with Gasteiger partial charge in [0, 0.05) is 13.2 Å². The number of rotatable bonds is 5. The van der Waals surface area contributed by atoms with Gasteiger partial charge < -0.3 is 10.1 Å². The molecule has 0 aliphatic carbocycles. The van der Waals surface area contributed by atoms with Crippen molar-refractivity contribution in [1.82, 2.24) is 5.32 Å². The molecule has 3 heteroatoms. The van der Waals surface area contributed by atoms with Gasteiger partial charge in [0.05, 0.1) is 0 Å². The van der Waals surface area contributed by atoms with Gasteiger partial charge in [0.2, 0.25) is 5.91 Å². The second kappa shape index (κ2) is 6.55. The molecule has 0 spiro atoms. The molecule has 0 aliphatic rings. The van der Waals surface area contributed by atoms with E-state index in [9.17, 15) is 4.79 Å². The molecule has 0 unspecified atom stereocenters. The van der Waals surface area contributed by atoms with Gasteiger partial charge in [0.1, 0.15) is 6.61 Å². The van der Waals surface area contributed by atoms with Crippen LogP contribution in [0.15, 0.2) is 0 Å². The minimum atomic E-state index is -0.0244. The largest absolute Gasteiger partial charge is 0.372 e. The topological polar surface area (TPSA) is 38.3 Å². The highest BCUT2D eigenvalue weighted by Gasteiger charge is 1.96. The van der Waals surface area contributed by atoms with Gasteiger partial charge in [0.15, 0.2) is 0 Å². The van der Waals surface area contributed by atoms with E-state index in [-0.39, 0.29) is 12.5 Å². The smallest absolute Gasteiger partial charge is 0.245 e. The third kappa shape index (κ3) is 5.56. The van der Waals surface area contributed by atoms with Crippen LogP contribution in [0.2, 0.25) is 0 Å². The minimum absolute atomic E-state index is 0.0244. The van der Waals surface area contributed by atoms with Crippen LogP contribution >= 0.6 is 0 Å². The SMILES string of the molecule is CCCNC(=O)COCC. The average Bonchev–Trinajstić information content (AvgIpc) is 1.97. The normalized spacial score (nSPS) is 9.40. The Morgan fingerprint density at radius 1 is 1.50 bits per heavy atom. The molecular formula is C7H15NO2. The Kier molecular flexibility index (Phi) is 6.18. The molecule has 0 aromatic rings. The van der Waals surface area contributed by atoms with E-state index in [0.29, 0.717) is 6.61 Å². The zero-order valence-corrected chi connectivity index (χ0v) is 6.64. The zero-order chi connectivity index (χ0) is 7.82. The molecule has 0 aromatic carbocycles. The fraction of sp³-hybridized carbons (Fsp3) is 0.857. The lowest BCUT2D eigenvalue weighted by Gasteiger charge is -2.01. The second-order valence-corrected chi connectivity index (χ2v) is 1.99. The Morgan fingerprint density at radius 3 is 2.70 bits per heavy atom. The summed E-state index contributed by atoms with van der Waals surface area (Å²) in [4.78, 5) is 10.7. The van der Waals surface area contributed by atoms with Crippen molar-refractivity contribution < 1.29 is 9.53 Å². The van der Waals surface area contributed by atoms with E-state index in [2.05, 4.69) is 5.32 Å². The van der Waals surface area contributed by atoms with E-state index in [4.69, 9.17) is 4.74 Å². The monoisotopic (exact) mass is 145 g/mol. The second-order valence-electron chi connectivity index (χ2n) is 1.99. The van der Waals surface area contributed by atoms with Crippen molar-refractivity contribution in [1.29, 1.82) is 0 Å². The van der Waals surface area contributed by atoms with Crippen LogP contribution in [0.1, 0.15) is 20.3 Å². The molecule has 0 rings (SSSR count). The Bertz CT molecular complexity index is 83.6. The molecule has 0 saturated carbocycles. The van der Waals surface area contributed by atoms with Gasteiger partial charge >= 0.3 is 0 Å². The van der Waals surface area contributed by atoms with Crippen molar-refractivity contribution >= 4 is 5.91 Å². The Hall–Kier alpha value is -0.570. The molecule has 0 saturated heterocycles. The van der Waals surface area contributed by atoms with E-state index in [0.717, 1.165) is 13.0 Å². The van der Waals surface area contributed by atoms with E-state index in [1.165, 1.54) is 0 Å². The maximum atomic E-state index is 10.7. The lowest BCUT2D eigenvalue weighted by Crippen LogP contribution is -2.28. The van der Waals surface area contributed by atoms with Gasteiger partial charge in [-0.3, -0.25) is 4.79 Å². The maximum absolute atomic E-state index is 10.7. The first-order valence-corrected chi connectivity index (χ1v) is 3.65. The van der Waals surface area contributed by atoms with E-state index in [1.54, 1.807) is 0 Å². The summed E-state index contributed by atoms with van der Waals surface area (Å²) in [6.45, 7) is 5.41. The summed E-state index contributed by atoms with van der Waals surface area (Å²) in [5, 5.41) is 2.70. The quantitative estimate of drug-likeness (QED) is 0.613. The van der Waals surface area contributed by atoms with Gasteiger partial charge in [-0.25, -0.2) is 0 Å². The van der Waals surface area contributed by atoms with Crippen LogP contribution in [0.25, 0.3) is 0 Å². The van der Waals surface area contributed by atoms with Crippen molar-refractivity contribution in [3.05, 3.63) is 0 Å². The number of hydrogen-bond acceptors (Lipinski definition) is 2. The molecule has 10 heavy (non-hydrogen) atoms. The first-order chi connectivity index (χ1) is 4.81. The molecule has 0 aromatic heterocycles. The Morgan fingerprint density at radius 2 is 2.20 bits per heavy atom. The third-order valence-electron chi connectivity index (χ3n) is 1.01. The van der Waals surface area contributed by atoms with Crippen molar-refractivity contribution in [3.63, 3.8) is 0 Å². The van der Waals surface area contributed by atoms with Crippen molar-refractivity contribution in [2.75, 3.05) is 19.8 Å². The minimum Gasteiger partial charge on any atom is -0.372 e. The molecule has 3 nitrogen and oxygen atoms in total. The van der Waals surface area contributed by atoms with Crippen molar-refractivity contribution in [2.24, 2.45) is 0 Å². The molecule has 0 atom stereocenters. The number of hydrogen-bond donors (Lipinski definition) is 1. The van der Waals surface area contributed by atoms with Crippen LogP contribution in [0.4, 0.5) is 0 Å². The molecule has 1 amide bonds. The molecule has 0 bridgehead atoms. The Labute approximate surface area is 61.8 Å². The highest BCUT2D eigenvalue weighted by atomic mass is 16.5. The summed E-state index contributed by atoms with van der Waals surface area (Å²) in [5.41, 5.74) is 0. The molecular weight excluding hydrogens is 130 g/mol. The van der Waals surface area contributed by atoms with Gasteiger partial charge in [-0.1, -0.05) is 6.92 Å². The maximum Gasteiger partial charge on any atom is 0.245 e. The van der Waals surface area contributed by atoms with Gasteiger partial charge in [-0.15, -0.1) is 0 Å². The van der Waals surface area contributed by atoms with Crippen LogP contribution in [-0.4, -0.2) is 25.7 Å². The first kappa shape index (κ1) is 9.43.